The van der Waals surface area contributed by atoms with E-state index in [9.17, 15) is 0 Å². The molecule has 2 unspecified atom stereocenters. The summed E-state index contributed by atoms with van der Waals surface area (Å²) >= 11 is 6.05. The maximum Gasteiger partial charge on any atom is 0.124 e. The first-order valence-electron chi connectivity index (χ1n) is 6.82. The van der Waals surface area contributed by atoms with Crippen LogP contribution in [0.25, 0.3) is 11.0 Å². The predicted molar refractivity (Wildman–Crippen MR) is 77.5 cm³/mol. The number of hydrogen-bond donors (Lipinski definition) is 0. The van der Waals surface area contributed by atoms with Gasteiger partial charge in [-0.25, -0.2) is 4.98 Å². The summed E-state index contributed by atoms with van der Waals surface area (Å²) < 4.78 is 7.93. The molecular formula is C15H19ClN2O. The second-order valence-electron chi connectivity index (χ2n) is 5.39. The summed E-state index contributed by atoms with van der Waals surface area (Å²) in [4.78, 5) is 4.63. The summed E-state index contributed by atoms with van der Waals surface area (Å²) in [5.41, 5.74) is 3.48. The average Bonchev–Trinajstić information content (AvgIpc) is 2.95. The minimum absolute atomic E-state index is 0.324. The highest BCUT2D eigenvalue weighted by atomic mass is 35.5. The van der Waals surface area contributed by atoms with Crippen molar-refractivity contribution in [1.29, 1.82) is 0 Å². The molecule has 102 valence electrons. The minimum atomic E-state index is 0.324. The van der Waals surface area contributed by atoms with Crippen molar-refractivity contribution in [3.8, 4) is 0 Å². The summed E-state index contributed by atoms with van der Waals surface area (Å²) in [6.45, 7) is 6.08. The highest BCUT2D eigenvalue weighted by molar-refractivity contribution is 6.16. The number of rotatable bonds is 3. The molecule has 1 fully saturated rings. The van der Waals surface area contributed by atoms with Gasteiger partial charge in [0.05, 0.1) is 23.0 Å². The standard InChI is InChI=1S/C15H19ClN2O/c1-10-3-4-13-14(7-10)18(15(8-16)17-13)9-12-5-6-19-11(12)2/h3-4,7,11-12H,5-6,8-9H2,1-2H3. The number of aromatic nitrogens is 2. The second kappa shape index (κ2) is 5.14. The number of nitrogens with zero attached hydrogens (tertiary/aromatic N) is 2. The summed E-state index contributed by atoms with van der Waals surface area (Å²) in [5.74, 6) is 1.97. The molecule has 3 nitrogen and oxygen atoms in total. The van der Waals surface area contributed by atoms with Crippen molar-refractivity contribution in [2.24, 2.45) is 5.92 Å². The van der Waals surface area contributed by atoms with Crippen LogP contribution in [0.2, 0.25) is 0 Å². The Kier molecular flexibility index (Phi) is 3.50. The van der Waals surface area contributed by atoms with Gasteiger partial charge in [0.2, 0.25) is 0 Å². The molecule has 0 aliphatic carbocycles. The first kappa shape index (κ1) is 12.9. The normalized spacial score (nSPS) is 23.3. The Bertz CT molecular complexity index is 593. The lowest BCUT2D eigenvalue weighted by molar-refractivity contribution is 0.102. The van der Waals surface area contributed by atoms with Crippen LogP contribution in [0, 0.1) is 12.8 Å². The number of imidazole rings is 1. The zero-order valence-corrected chi connectivity index (χ0v) is 12.2. The third-order valence-electron chi connectivity index (χ3n) is 4.05. The third kappa shape index (κ3) is 2.37. The molecule has 0 spiro atoms. The summed E-state index contributed by atoms with van der Waals surface area (Å²) in [6.07, 6.45) is 1.44. The molecular weight excluding hydrogens is 260 g/mol. The Morgan fingerprint density at radius 3 is 3.00 bits per heavy atom. The van der Waals surface area contributed by atoms with Crippen LogP contribution in [0.3, 0.4) is 0 Å². The number of ether oxygens (including phenoxy) is 1. The van der Waals surface area contributed by atoms with E-state index in [0.29, 0.717) is 17.9 Å². The van der Waals surface area contributed by atoms with Crippen molar-refractivity contribution in [3.05, 3.63) is 29.6 Å². The summed E-state index contributed by atoms with van der Waals surface area (Å²) in [7, 11) is 0. The van der Waals surface area contributed by atoms with Crippen LogP contribution in [0.5, 0.6) is 0 Å². The van der Waals surface area contributed by atoms with Gasteiger partial charge in [0.1, 0.15) is 5.82 Å². The molecule has 4 heteroatoms. The van der Waals surface area contributed by atoms with Gasteiger partial charge in [0, 0.05) is 19.1 Å². The van der Waals surface area contributed by atoms with Crippen LogP contribution in [0.4, 0.5) is 0 Å². The van der Waals surface area contributed by atoms with Crippen LogP contribution in [-0.2, 0) is 17.2 Å². The van der Waals surface area contributed by atoms with Crippen molar-refractivity contribution in [1.82, 2.24) is 9.55 Å². The van der Waals surface area contributed by atoms with Crippen LogP contribution in [0.15, 0.2) is 18.2 Å². The fourth-order valence-electron chi connectivity index (χ4n) is 2.84. The Morgan fingerprint density at radius 2 is 2.32 bits per heavy atom. The third-order valence-corrected chi connectivity index (χ3v) is 4.29. The molecule has 1 aromatic carbocycles. The zero-order valence-electron chi connectivity index (χ0n) is 11.4. The number of hydrogen-bond acceptors (Lipinski definition) is 2. The Balaban J connectivity index is 2.02. The van der Waals surface area contributed by atoms with Crippen molar-refractivity contribution in [3.63, 3.8) is 0 Å². The van der Waals surface area contributed by atoms with Crippen molar-refractivity contribution in [2.75, 3.05) is 6.61 Å². The Labute approximate surface area is 118 Å². The molecule has 2 atom stereocenters. The number of aryl methyl sites for hydroxylation is 1. The van der Waals surface area contributed by atoms with E-state index in [1.54, 1.807) is 0 Å². The lowest BCUT2D eigenvalue weighted by atomic mass is 10.0. The van der Waals surface area contributed by atoms with Gasteiger partial charge in [-0.1, -0.05) is 6.07 Å². The van der Waals surface area contributed by atoms with Crippen LogP contribution in [0.1, 0.15) is 24.7 Å². The monoisotopic (exact) mass is 278 g/mol. The van der Waals surface area contributed by atoms with Crippen LogP contribution < -0.4 is 0 Å². The molecule has 1 aromatic heterocycles. The number of benzene rings is 1. The Hall–Kier alpha value is -1.06. The van der Waals surface area contributed by atoms with E-state index in [0.717, 1.165) is 30.9 Å². The first-order chi connectivity index (χ1) is 9.19. The number of fused-ring (bicyclic) bond motifs is 1. The van der Waals surface area contributed by atoms with Gasteiger partial charge in [-0.15, -0.1) is 11.6 Å². The lowest BCUT2D eigenvalue weighted by Gasteiger charge is -2.16. The van der Waals surface area contributed by atoms with Gasteiger partial charge in [-0.05, 0) is 38.0 Å². The van der Waals surface area contributed by atoms with Gasteiger partial charge < -0.3 is 9.30 Å². The van der Waals surface area contributed by atoms with Crippen LogP contribution >= 0.6 is 11.6 Å². The van der Waals surface area contributed by atoms with Crippen molar-refractivity contribution < 1.29 is 4.74 Å². The predicted octanol–water partition coefficient (Wildman–Crippen LogP) is 3.51. The molecule has 0 bridgehead atoms. The maximum atomic E-state index is 6.05. The molecule has 2 heterocycles. The fraction of sp³-hybridized carbons (Fsp3) is 0.533. The number of alkyl halides is 1. The van der Waals surface area contributed by atoms with E-state index in [4.69, 9.17) is 16.3 Å². The second-order valence-corrected chi connectivity index (χ2v) is 5.66. The molecule has 19 heavy (non-hydrogen) atoms. The maximum absolute atomic E-state index is 6.05. The van der Waals surface area contributed by atoms with Crippen molar-refractivity contribution >= 4 is 22.6 Å². The van der Waals surface area contributed by atoms with E-state index >= 15 is 0 Å². The molecule has 3 rings (SSSR count). The molecule has 0 N–H and O–H groups in total. The minimum Gasteiger partial charge on any atom is -0.378 e. The highest BCUT2D eigenvalue weighted by Gasteiger charge is 2.26. The molecule has 1 aliphatic heterocycles. The van der Waals surface area contributed by atoms with Gasteiger partial charge in [0.25, 0.3) is 0 Å². The smallest absolute Gasteiger partial charge is 0.124 e. The molecule has 0 saturated carbocycles. The quantitative estimate of drug-likeness (QED) is 0.804. The summed E-state index contributed by atoms with van der Waals surface area (Å²) in [5, 5.41) is 0. The molecule has 2 aromatic rings. The van der Waals surface area contributed by atoms with Gasteiger partial charge in [-0.3, -0.25) is 0 Å². The van der Waals surface area contributed by atoms with Crippen molar-refractivity contribution in [2.45, 2.75) is 38.8 Å². The molecule has 1 saturated heterocycles. The molecule has 0 amide bonds. The van der Waals surface area contributed by atoms with E-state index < -0.39 is 0 Å². The van der Waals surface area contributed by atoms with Gasteiger partial charge in [-0.2, -0.15) is 0 Å². The summed E-state index contributed by atoms with van der Waals surface area (Å²) in [6, 6.07) is 6.36. The van der Waals surface area contributed by atoms with E-state index in [1.807, 2.05) is 0 Å². The first-order valence-corrected chi connectivity index (χ1v) is 7.36. The average molecular weight is 279 g/mol. The van der Waals surface area contributed by atoms with E-state index in [-0.39, 0.29) is 0 Å². The zero-order chi connectivity index (χ0) is 13.4. The highest BCUT2D eigenvalue weighted by Crippen LogP contribution is 2.26. The SMILES string of the molecule is Cc1ccc2nc(CCl)n(CC3CCOC3C)c2c1. The van der Waals surface area contributed by atoms with E-state index in [2.05, 4.69) is 41.6 Å². The molecule has 0 radical (unpaired) electrons. The number of halogens is 1. The topological polar surface area (TPSA) is 27.1 Å². The van der Waals surface area contributed by atoms with Gasteiger partial charge in [0.15, 0.2) is 0 Å². The van der Waals surface area contributed by atoms with Gasteiger partial charge >= 0.3 is 0 Å². The largest absolute Gasteiger partial charge is 0.378 e. The lowest BCUT2D eigenvalue weighted by Crippen LogP contribution is -2.19. The van der Waals surface area contributed by atoms with E-state index in [1.165, 1.54) is 11.1 Å². The van der Waals surface area contributed by atoms with Crippen LogP contribution in [-0.4, -0.2) is 22.3 Å². The fourth-order valence-corrected chi connectivity index (χ4v) is 3.04. The molecule has 1 aliphatic rings. The Morgan fingerprint density at radius 1 is 1.47 bits per heavy atom.